The number of benzene rings is 1. The van der Waals surface area contributed by atoms with Crippen molar-refractivity contribution < 1.29 is 9.21 Å². The number of rotatable bonds is 2. The Bertz CT molecular complexity index is 607. The van der Waals surface area contributed by atoms with Gasteiger partial charge >= 0.3 is 0 Å². The average Bonchev–Trinajstić information content (AvgIpc) is 2.72. The van der Waals surface area contributed by atoms with E-state index >= 15 is 0 Å². The van der Waals surface area contributed by atoms with Gasteiger partial charge in [0.05, 0.1) is 12.0 Å². The van der Waals surface area contributed by atoms with Crippen molar-refractivity contribution >= 4 is 39.1 Å². The standard InChI is InChI=1S/C13H11BrClNO2/c1-7-3-4-18-12(7)13(17)16-11-6-10(15)8(2)5-9(11)14/h3-6H,1-2H3,(H,16,17). The molecule has 1 aromatic carbocycles. The predicted octanol–water partition coefficient (Wildman–Crippen LogP) is 4.56. The molecule has 0 aliphatic rings. The topological polar surface area (TPSA) is 42.2 Å². The minimum absolute atomic E-state index is 0.293. The molecule has 0 aliphatic heterocycles. The monoisotopic (exact) mass is 327 g/mol. The van der Waals surface area contributed by atoms with Gasteiger partial charge in [-0.2, -0.15) is 0 Å². The van der Waals surface area contributed by atoms with E-state index in [1.807, 2.05) is 19.9 Å². The molecular formula is C13H11BrClNO2. The molecule has 2 aromatic rings. The minimum atomic E-state index is -0.293. The number of furan rings is 1. The summed E-state index contributed by atoms with van der Waals surface area (Å²) in [6.07, 6.45) is 1.49. The van der Waals surface area contributed by atoms with Gasteiger partial charge in [0.25, 0.3) is 5.91 Å². The molecule has 0 saturated heterocycles. The number of nitrogens with one attached hydrogen (secondary N) is 1. The van der Waals surface area contributed by atoms with Crippen LogP contribution >= 0.6 is 27.5 Å². The fraction of sp³-hybridized carbons (Fsp3) is 0.154. The van der Waals surface area contributed by atoms with E-state index in [4.69, 9.17) is 16.0 Å². The van der Waals surface area contributed by atoms with Crippen LogP contribution in [0, 0.1) is 13.8 Å². The largest absolute Gasteiger partial charge is 0.459 e. The summed E-state index contributed by atoms with van der Waals surface area (Å²) >= 11 is 9.42. The summed E-state index contributed by atoms with van der Waals surface area (Å²) in [7, 11) is 0. The van der Waals surface area contributed by atoms with Crippen LogP contribution in [0.3, 0.4) is 0 Å². The molecule has 18 heavy (non-hydrogen) atoms. The number of amides is 1. The van der Waals surface area contributed by atoms with Crippen molar-refractivity contribution in [2.75, 3.05) is 5.32 Å². The summed E-state index contributed by atoms with van der Waals surface area (Å²) in [5.74, 6) is 0.0108. The van der Waals surface area contributed by atoms with Gasteiger partial charge in [-0.1, -0.05) is 11.6 Å². The number of halogens is 2. The Kier molecular flexibility index (Phi) is 3.78. The molecule has 0 bridgehead atoms. The average molecular weight is 329 g/mol. The summed E-state index contributed by atoms with van der Waals surface area (Å²) in [5, 5.41) is 3.36. The molecule has 94 valence electrons. The Morgan fingerprint density at radius 1 is 1.33 bits per heavy atom. The van der Waals surface area contributed by atoms with Crippen LogP contribution in [0.4, 0.5) is 5.69 Å². The highest BCUT2D eigenvalue weighted by Gasteiger charge is 2.14. The maximum atomic E-state index is 12.0. The Hall–Kier alpha value is -1.26. The summed E-state index contributed by atoms with van der Waals surface area (Å²) in [6.45, 7) is 3.71. The van der Waals surface area contributed by atoms with Crippen LogP contribution in [0.1, 0.15) is 21.7 Å². The van der Waals surface area contributed by atoms with Crippen molar-refractivity contribution in [3.05, 3.63) is 50.8 Å². The zero-order valence-corrected chi connectivity index (χ0v) is 12.2. The van der Waals surface area contributed by atoms with Gasteiger partial charge in [-0.05, 0) is 53.5 Å². The van der Waals surface area contributed by atoms with Crippen molar-refractivity contribution in [1.82, 2.24) is 0 Å². The number of aryl methyl sites for hydroxylation is 2. The first kappa shape index (κ1) is 13.2. The first-order valence-electron chi connectivity index (χ1n) is 5.30. The van der Waals surface area contributed by atoms with E-state index in [0.29, 0.717) is 16.5 Å². The van der Waals surface area contributed by atoms with Gasteiger partial charge in [-0.25, -0.2) is 0 Å². The van der Waals surface area contributed by atoms with Crippen LogP contribution in [0.2, 0.25) is 5.02 Å². The number of carbonyl (C=O) groups is 1. The zero-order chi connectivity index (χ0) is 13.3. The number of hydrogen-bond donors (Lipinski definition) is 1. The van der Waals surface area contributed by atoms with E-state index in [0.717, 1.165) is 15.6 Å². The second-order valence-corrected chi connectivity index (χ2v) is 5.23. The Balaban J connectivity index is 2.28. The Morgan fingerprint density at radius 2 is 2.06 bits per heavy atom. The molecule has 0 saturated carbocycles. The third-order valence-corrected chi connectivity index (χ3v) is 3.63. The molecule has 1 N–H and O–H groups in total. The molecule has 0 radical (unpaired) electrons. The van der Waals surface area contributed by atoms with E-state index in [1.54, 1.807) is 12.1 Å². The molecule has 2 rings (SSSR count). The Morgan fingerprint density at radius 3 is 2.67 bits per heavy atom. The molecule has 1 amide bonds. The van der Waals surface area contributed by atoms with Crippen LogP contribution in [-0.2, 0) is 0 Å². The predicted molar refractivity (Wildman–Crippen MR) is 75.3 cm³/mol. The second kappa shape index (κ2) is 5.16. The SMILES string of the molecule is Cc1cc(Br)c(NC(=O)c2occc2C)cc1Cl. The van der Waals surface area contributed by atoms with Crippen LogP contribution in [0.5, 0.6) is 0 Å². The fourth-order valence-corrected chi connectivity index (χ4v) is 2.25. The van der Waals surface area contributed by atoms with Gasteiger partial charge in [0, 0.05) is 15.1 Å². The smallest absolute Gasteiger partial charge is 0.291 e. The summed E-state index contributed by atoms with van der Waals surface area (Å²) in [5.41, 5.74) is 2.35. The van der Waals surface area contributed by atoms with E-state index in [-0.39, 0.29) is 5.91 Å². The van der Waals surface area contributed by atoms with Crippen LogP contribution < -0.4 is 5.32 Å². The normalized spacial score (nSPS) is 10.4. The van der Waals surface area contributed by atoms with E-state index in [1.165, 1.54) is 6.26 Å². The van der Waals surface area contributed by atoms with Crippen LogP contribution in [0.15, 0.2) is 33.4 Å². The lowest BCUT2D eigenvalue weighted by atomic mass is 10.2. The van der Waals surface area contributed by atoms with Gasteiger partial charge in [0.2, 0.25) is 0 Å². The van der Waals surface area contributed by atoms with Gasteiger partial charge in [-0.15, -0.1) is 0 Å². The summed E-state index contributed by atoms with van der Waals surface area (Å²) in [4.78, 5) is 12.0. The highest BCUT2D eigenvalue weighted by molar-refractivity contribution is 9.10. The van der Waals surface area contributed by atoms with Crippen molar-refractivity contribution in [1.29, 1.82) is 0 Å². The lowest BCUT2D eigenvalue weighted by Gasteiger charge is -2.08. The molecule has 0 fully saturated rings. The second-order valence-electron chi connectivity index (χ2n) is 3.97. The van der Waals surface area contributed by atoms with Gasteiger partial charge in [0.1, 0.15) is 0 Å². The molecule has 0 atom stereocenters. The third kappa shape index (κ3) is 2.60. The zero-order valence-electron chi connectivity index (χ0n) is 9.88. The van der Waals surface area contributed by atoms with Crippen molar-refractivity contribution in [3.63, 3.8) is 0 Å². The molecule has 0 spiro atoms. The van der Waals surface area contributed by atoms with E-state index in [9.17, 15) is 4.79 Å². The van der Waals surface area contributed by atoms with E-state index < -0.39 is 0 Å². The maximum Gasteiger partial charge on any atom is 0.291 e. The van der Waals surface area contributed by atoms with Crippen LogP contribution in [0.25, 0.3) is 0 Å². The molecule has 1 aromatic heterocycles. The fourth-order valence-electron chi connectivity index (χ4n) is 1.53. The van der Waals surface area contributed by atoms with Crippen molar-refractivity contribution in [3.8, 4) is 0 Å². The summed E-state index contributed by atoms with van der Waals surface area (Å²) in [6, 6.07) is 5.30. The number of anilines is 1. The first-order valence-corrected chi connectivity index (χ1v) is 6.47. The van der Waals surface area contributed by atoms with Crippen molar-refractivity contribution in [2.45, 2.75) is 13.8 Å². The lowest BCUT2D eigenvalue weighted by Crippen LogP contribution is -2.12. The van der Waals surface area contributed by atoms with Gasteiger partial charge in [0.15, 0.2) is 5.76 Å². The lowest BCUT2D eigenvalue weighted by molar-refractivity contribution is 0.0996. The first-order chi connectivity index (χ1) is 8.49. The number of carbonyl (C=O) groups excluding carboxylic acids is 1. The molecule has 3 nitrogen and oxygen atoms in total. The van der Waals surface area contributed by atoms with Gasteiger partial charge < -0.3 is 9.73 Å². The molecule has 1 heterocycles. The van der Waals surface area contributed by atoms with Crippen LogP contribution in [-0.4, -0.2) is 5.91 Å². The minimum Gasteiger partial charge on any atom is -0.459 e. The van der Waals surface area contributed by atoms with E-state index in [2.05, 4.69) is 21.2 Å². The molecule has 5 heteroatoms. The highest BCUT2D eigenvalue weighted by atomic mass is 79.9. The van der Waals surface area contributed by atoms with Crippen molar-refractivity contribution in [2.24, 2.45) is 0 Å². The summed E-state index contributed by atoms with van der Waals surface area (Å²) < 4.78 is 5.91. The highest BCUT2D eigenvalue weighted by Crippen LogP contribution is 2.29. The molecule has 0 aliphatic carbocycles. The number of hydrogen-bond acceptors (Lipinski definition) is 2. The third-order valence-electron chi connectivity index (χ3n) is 2.56. The molecular weight excluding hydrogens is 318 g/mol. The van der Waals surface area contributed by atoms with Gasteiger partial charge in [-0.3, -0.25) is 4.79 Å². The molecule has 0 unspecified atom stereocenters. The quantitative estimate of drug-likeness (QED) is 0.877. The maximum absolute atomic E-state index is 12.0. The Labute approximate surface area is 118 Å².